The molecular weight excluding hydrogens is 290 g/mol. The third-order valence-electron chi connectivity index (χ3n) is 2.95. The molecule has 1 aromatic carbocycles. The van der Waals surface area contributed by atoms with Gasteiger partial charge in [-0.05, 0) is 11.4 Å². The molecule has 0 fully saturated rings. The average molecular weight is 307 g/mol. The van der Waals surface area contributed by atoms with Crippen molar-refractivity contribution in [1.82, 2.24) is 5.32 Å². The minimum Gasteiger partial charge on any atom is -0.496 e. The van der Waals surface area contributed by atoms with E-state index in [1.54, 1.807) is 23.5 Å². The van der Waals surface area contributed by atoms with Gasteiger partial charge in [-0.3, -0.25) is 4.79 Å². The molecule has 1 aromatic heterocycles. The topological polar surface area (TPSA) is 56.8 Å². The van der Waals surface area contributed by atoms with Crippen molar-refractivity contribution < 1.29 is 19.0 Å². The van der Waals surface area contributed by atoms with Crippen LogP contribution in [-0.4, -0.2) is 27.2 Å². The number of methoxy groups -OCH3 is 3. The lowest BCUT2D eigenvalue weighted by atomic mass is 10.1. The van der Waals surface area contributed by atoms with E-state index < -0.39 is 0 Å². The van der Waals surface area contributed by atoms with Gasteiger partial charge in [0, 0.05) is 17.0 Å². The minimum absolute atomic E-state index is 0.221. The Labute approximate surface area is 127 Å². The lowest BCUT2D eigenvalue weighted by Crippen LogP contribution is -2.23. The molecule has 5 nitrogen and oxygen atoms in total. The summed E-state index contributed by atoms with van der Waals surface area (Å²) in [4.78, 5) is 13.4. The Bertz CT molecular complexity index is 610. The van der Waals surface area contributed by atoms with Crippen LogP contribution in [0.25, 0.3) is 0 Å². The van der Waals surface area contributed by atoms with E-state index in [0.717, 1.165) is 4.88 Å². The maximum atomic E-state index is 12.3. The first kappa shape index (κ1) is 15.2. The van der Waals surface area contributed by atoms with E-state index in [2.05, 4.69) is 5.32 Å². The molecule has 0 spiro atoms. The molecule has 0 saturated heterocycles. The molecule has 0 atom stereocenters. The number of benzene rings is 1. The van der Waals surface area contributed by atoms with Gasteiger partial charge < -0.3 is 19.5 Å². The van der Waals surface area contributed by atoms with Crippen molar-refractivity contribution in [3.05, 3.63) is 40.1 Å². The van der Waals surface area contributed by atoms with E-state index in [9.17, 15) is 4.79 Å². The second kappa shape index (κ2) is 6.99. The number of hydrogen-bond donors (Lipinski definition) is 1. The quantitative estimate of drug-likeness (QED) is 0.891. The van der Waals surface area contributed by atoms with Crippen LogP contribution in [0.3, 0.4) is 0 Å². The highest BCUT2D eigenvalue weighted by molar-refractivity contribution is 7.09. The van der Waals surface area contributed by atoms with Crippen LogP contribution >= 0.6 is 11.3 Å². The van der Waals surface area contributed by atoms with E-state index in [-0.39, 0.29) is 5.91 Å². The Balaban J connectivity index is 2.22. The Morgan fingerprint density at radius 3 is 2.33 bits per heavy atom. The van der Waals surface area contributed by atoms with Crippen LogP contribution in [0, 0.1) is 0 Å². The highest BCUT2D eigenvalue weighted by Crippen LogP contribution is 2.34. The molecule has 0 aliphatic rings. The molecule has 0 saturated carbocycles. The summed E-state index contributed by atoms with van der Waals surface area (Å²) in [7, 11) is 4.57. The second-order valence-corrected chi connectivity index (χ2v) is 5.20. The molecule has 1 amide bonds. The standard InChI is InChI=1S/C15H17NO4S/c1-18-12-8-14(20-3)13(19-2)7-11(12)15(17)16-9-10-5-4-6-21-10/h4-8H,9H2,1-3H3,(H,16,17). The fraction of sp³-hybridized carbons (Fsp3) is 0.267. The molecule has 21 heavy (non-hydrogen) atoms. The predicted molar refractivity (Wildman–Crippen MR) is 81.6 cm³/mol. The zero-order chi connectivity index (χ0) is 15.2. The molecule has 2 aromatic rings. The monoisotopic (exact) mass is 307 g/mol. The van der Waals surface area contributed by atoms with Crippen LogP contribution < -0.4 is 19.5 Å². The second-order valence-electron chi connectivity index (χ2n) is 4.17. The Kier molecular flexibility index (Phi) is 5.05. The van der Waals surface area contributed by atoms with Crippen molar-refractivity contribution in [3.63, 3.8) is 0 Å². The van der Waals surface area contributed by atoms with Crippen molar-refractivity contribution >= 4 is 17.2 Å². The SMILES string of the molecule is COc1cc(OC)c(C(=O)NCc2cccs2)cc1OC. The summed E-state index contributed by atoms with van der Waals surface area (Å²) in [6, 6.07) is 7.17. The summed E-state index contributed by atoms with van der Waals surface area (Å²) in [6.45, 7) is 0.480. The lowest BCUT2D eigenvalue weighted by molar-refractivity contribution is 0.0948. The van der Waals surface area contributed by atoms with Crippen LogP contribution in [-0.2, 0) is 6.54 Å². The number of hydrogen-bond acceptors (Lipinski definition) is 5. The number of thiophene rings is 1. The zero-order valence-electron chi connectivity index (χ0n) is 12.1. The predicted octanol–water partition coefficient (Wildman–Crippen LogP) is 2.70. The summed E-state index contributed by atoms with van der Waals surface area (Å²) in [5.41, 5.74) is 0.409. The van der Waals surface area contributed by atoms with Gasteiger partial charge in [0.1, 0.15) is 5.75 Å². The lowest BCUT2D eigenvalue weighted by Gasteiger charge is -2.13. The molecule has 0 aliphatic carbocycles. The maximum absolute atomic E-state index is 12.3. The summed E-state index contributed by atoms with van der Waals surface area (Å²) in [5.74, 6) is 1.22. The Morgan fingerprint density at radius 1 is 1.10 bits per heavy atom. The molecule has 112 valence electrons. The molecule has 1 N–H and O–H groups in total. The molecule has 0 unspecified atom stereocenters. The molecule has 6 heteroatoms. The molecular formula is C15H17NO4S. The Morgan fingerprint density at radius 2 is 1.76 bits per heavy atom. The first-order valence-corrected chi connectivity index (χ1v) is 7.18. The molecule has 0 bridgehead atoms. The normalized spacial score (nSPS) is 10.0. The number of nitrogens with one attached hydrogen (secondary N) is 1. The van der Waals surface area contributed by atoms with Gasteiger partial charge in [-0.15, -0.1) is 11.3 Å². The van der Waals surface area contributed by atoms with Crippen molar-refractivity contribution in [3.8, 4) is 17.2 Å². The molecule has 1 heterocycles. The third kappa shape index (κ3) is 3.46. The molecule has 2 rings (SSSR count). The number of carbonyl (C=O) groups is 1. The van der Waals surface area contributed by atoms with Crippen LogP contribution in [0.4, 0.5) is 0 Å². The number of carbonyl (C=O) groups excluding carboxylic acids is 1. The number of rotatable bonds is 6. The number of amides is 1. The van der Waals surface area contributed by atoms with Crippen molar-refractivity contribution in [2.45, 2.75) is 6.54 Å². The van der Waals surface area contributed by atoms with Crippen LogP contribution in [0.1, 0.15) is 15.2 Å². The first-order valence-electron chi connectivity index (χ1n) is 6.30. The fourth-order valence-corrected chi connectivity index (χ4v) is 2.53. The van der Waals surface area contributed by atoms with Gasteiger partial charge >= 0.3 is 0 Å². The van der Waals surface area contributed by atoms with Gasteiger partial charge in [0.25, 0.3) is 5.91 Å². The van der Waals surface area contributed by atoms with Gasteiger partial charge in [0.05, 0.1) is 33.4 Å². The number of ether oxygens (including phenoxy) is 3. The van der Waals surface area contributed by atoms with Crippen LogP contribution in [0.2, 0.25) is 0 Å². The van der Waals surface area contributed by atoms with Gasteiger partial charge in [-0.1, -0.05) is 6.07 Å². The van der Waals surface area contributed by atoms with E-state index in [1.807, 2.05) is 17.5 Å². The van der Waals surface area contributed by atoms with Gasteiger partial charge in [0.2, 0.25) is 0 Å². The highest BCUT2D eigenvalue weighted by atomic mass is 32.1. The van der Waals surface area contributed by atoms with E-state index >= 15 is 0 Å². The van der Waals surface area contributed by atoms with E-state index in [4.69, 9.17) is 14.2 Å². The third-order valence-corrected chi connectivity index (χ3v) is 3.83. The van der Waals surface area contributed by atoms with Gasteiger partial charge in [-0.2, -0.15) is 0 Å². The van der Waals surface area contributed by atoms with Gasteiger partial charge in [-0.25, -0.2) is 0 Å². The zero-order valence-corrected chi connectivity index (χ0v) is 13.0. The van der Waals surface area contributed by atoms with Crippen molar-refractivity contribution in [1.29, 1.82) is 0 Å². The van der Waals surface area contributed by atoms with Crippen LogP contribution in [0.5, 0.6) is 17.2 Å². The van der Waals surface area contributed by atoms with Crippen LogP contribution in [0.15, 0.2) is 29.6 Å². The highest BCUT2D eigenvalue weighted by Gasteiger charge is 2.17. The van der Waals surface area contributed by atoms with E-state index in [0.29, 0.717) is 29.4 Å². The smallest absolute Gasteiger partial charge is 0.255 e. The summed E-state index contributed by atoms with van der Waals surface area (Å²) >= 11 is 1.59. The molecule has 0 radical (unpaired) electrons. The van der Waals surface area contributed by atoms with Crippen molar-refractivity contribution in [2.75, 3.05) is 21.3 Å². The summed E-state index contributed by atoms with van der Waals surface area (Å²) in [6.07, 6.45) is 0. The van der Waals surface area contributed by atoms with Crippen molar-refractivity contribution in [2.24, 2.45) is 0 Å². The fourth-order valence-electron chi connectivity index (χ4n) is 1.88. The summed E-state index contributed by atoms with van der Waals surface area (Å²) in [5, 5.41) is 4.83. The first-order chi connectivity index (χ1) is 10.2. The van der Waals surface area contributed by atoms with E-state index in [1.165, 1.54) is 21.3 Å². The molecule has 0 aliphatic heterocycles. The Hall–Kier alpha value is -2.21. The average Bonchev–Trinajstić information content (AvgIpc) is 3.04. The largest absolute Gasteiger partial charge is 0.496 e. The summed E-state index contributed by atoms with van der Waals surface area (Å²) < 4.78 is 15.7. The minimum atomic E-state index is -0.221. The van der Waals surface area contributed by atoms with Gasteiger partial charge in [0.15, 0.2) is 11.5 Å². The maximum Gasteiger partial charge on any atom is 0.255 e.